The minimum absolute atomic E-state index is 0.421. The van der Waals surface area contributed by atoms with Crippen LogP contribution in [0.5, 0.6) is 17.2 Å². The number of rotatable bonds is 7. The molecule has 174 valence electrons. The third-order valence-electron chi connectivity index (χ3n) is 5.24. The third kappa shape index (κ3) is 5.68. The van der Waals surface area contributed by atoms with Crippen LogP contribution in [-0.2, 0) is 6.54 Å². The summed E-state index contributed by atoms with van der Waals surface area (Å²) in [4.78, 5) is 0. The van der Waals surface area contributed by atoms with Gasteiger partial charge in [0.05, 0.1) is 36.4 Å². The van der Waals surface area contributed by atoms with Crippen molar-refractivity contribution in [3.63, 3.8) is 0 Å². The van der Waals surface area contributed by atoms with Crippen molar-refractivity contribution in [1.29, 1.82) is 0 Å². The highest BCUT2D eigenvalue weighted by atomic mass is 35.5. The van der Waals surface area contributed by atoms with Gasteiger partial charge < -0.3 is 20.1 Å². The molecule has 1 heterocycles. The molecule has 6 nitrogen and oxygen atoms in total. The maximum Gasteiger partial charge on any atom is 0.175 e. The maximum atomic E-state index is 6.12. The van der Waals surface area contributed by atoms with E-state index in [0.717, 1.165) is 34.1 Å². The van der Waals surface area contributed by atoms with Gasteiger partial charge >= 0.3 is 0 Å². The number of para-hydroxylation sites is 1. The summed E-state index contributed by atoms with van der Waals surface area (Å²) < 4.78 is 13.3. The number of anilines is 2. The summed E-state index contributed by atoms with van der Waals surface area (Å²) >= 11 is 11.7. The summed E-state index contributed by atoms with van der Waals surface area (Å²) in [5.41, 5.74) is 4.43. The van der Waals surface area contributed by atoms with Gasteiger partial charge in [0.2, 0.25) is 0 Å². The second kappa shape index (κ2) is 10.6. The van der Waals surface area contributed by atoms with Gasteiger partial charge in [-0.2, -0.15) is 5.10 Å². The van der Waals surface area contributed by atoms with E-state index < -0.39 is 0 Å². The van der Waals surface area contributed by atoms with Crippen molar-refractivity contribution < 1.29 is 9.47 Å². The molecule has 2 N–H and O–H groups in total. The number of nitrogens with one attached hydrogen (secondary N) is 2. The van der Waals surface area contributed by atoms with Crippen molar-refractivity contribution in [2.45, 2.75) is 20.4 Å². The number of thiocarbonyl (C=S) groups is 1. The van der Waals surface area contributed by atoms with E-state index in [1.54, 1.807) is 25.3 Å². The molecule has 1 aromatic heterocycles. The summed E-state index contributed by atoms with van der Waals surface area (Å²) in [5, 5.41) is 12.1. The van der Waals surface area contributed by atoms with Gasteiger partial charge in [-0.1, -0.05) is 41.9 Å². The molecular weight excluding hydrogens is 468 g/mol. The number of aryl methyl sites for hydroxylation is 1. The van der Waals surface area contributed by atoms with Gasteiger partial charge in [-0.15, -0.1) is 0 Å². The highest BCUT2D eigenvalue weighted by molar-refractivity contribution is 7.80. The van der Waals surface area contributed by atoms with Crippen LogP contribution in [0.15, 0.2) is 72.8 Å². The zero-order valence-corrected chi connectivity index (χ0v) is 20.7. The van der Waals surface area contributed by atoms with Crippen LogP contribution in [0.2, 0.25) is 5.02 Å². The number of aromatic nitrogens is 2. The normalized spacial score (nSPS) is 10.6. The Balaban J connectivity index is 1.47. The third-order valence-corrected chi connectivity index (χ3v) is 5.68. The number of ether oxygens (including phenoxy) is 2. The van der Waals surface area contributed by atoms with Crippen molar-refractivity contribution >= 4 is 40.3 Å². The molecule has 34 heavy (non-hydrogen) atoms. The molecule has 0 spiro atoms. The fourth-order valence-corrected chi connectivity index (χ4v) is 3.97. The van der Waals surface area contributed by atoms with Crippen LogP contribution in [0.4, 0.5) is 11.4 Å². The minimum Gasteiger partial charge on any atom is -0.495 e. The van der Waals surface area contributed by atoms with Crippen LogP contribution < -0.4 is 20.1 Å². The standard InChI is InChI=1S/C26H25ClN4O2S/c1-17-25(29-26(34)28-23-15-20(27)12-13-24(23)32-3)18(2)31(30-17)16-19-8-7-11-22(14-19)33-21-9-5-4-6-10-21/h4-15H,16H2,1-3H3,(H2,28,29,34). The topological polar surface area (TPSA) is 60.3 Å². The van der Waals surface area contributed by atoms with Crippen molar-refractivity contribution in [2.75, 3.05) is 17.7 Å². The number of benzene rings is 3. The van der Waals surface area contributed by atoms with Gasteiger partial charge in [0.1, 0.15) is 17.2 Å². The number of nitrogens with zero attached hydrogens (tertiary/aromatic N) is 2. The van der Waals surface area contributed by atoms with E-state index in [1.807, 2.05) is 67.1 Å². The zero-order chi connectivity index (χ0) is 24.1. The lowest BCUT2D eigenvalue weighted by Crippen LogP contribution is -2.20. The van der Waals surface area contributed by atoms with Crippen LogP contribution in [-0.4, -0.2) is 22.0 Å². The number of methoxy groups -OCH3 is 1. The highest BCUT2D eigenvalue weighted by Crippen LogP contribution is 2.29. The van der Waals surface area contributed by atoms with E-state index in [4.69, 9.17) is 38.4 Å². The SMILES string of the molecule is COc1ccc(Cl)cc1NC(=S)Nc1c(C)nn(Cc2cccc(Oc3ccccc3)c2)c1C. The molecule has 0 fully saturated rings. The van der Waals surface area contributed by atoms with Crippen LogP contribution >= 0.6 is 23.8 Å². The van der Waals surface area contributed by atoms with E-state index in [-0.39, 0.29) is 0 Å². The van der Waals surface area contributed by atoms with Gasteiger partial charge in [0, 0.05) is 5.02 Å². The monoisotopic (exact) mass is 492 g/mol. The average Bonchev–Trinajstić information content (AvgIpc) is 3.07. The fourth-order valence-electron chi connectivity index (χ4n) is 3.58. The van der Waals surface area contributed by atoms with Gasteiger partial charge in [0.25, 0.3) is 0 Å². The molecule has 4 rings (SSSR count). The van der Waals surface area contributed by atoms with Crippen molar-refractivity contribution in [3.8, 4) is 17.2 Å². The van der Waals surface area contributed by atoms with Gasteiger partial charge in [-0.05, 0) is 74.1 Å². The van der Waals surface area contributed by atoms with Crippen molar-refractivity contribution in [3.05, 3.63) is 94.8 Å². The molecular formula is C26H25ClN4O2S. The molecule has 0 radical (unpaired) electrons. The summed E-state index contributed by atoms with van der Waals surface area (Å²) in [6.07, 6.45) is 0. The minimum atomic E-state index is 0.421. The van der Waals surface area contributed by atoms with Gasteiger partial charge in [-0.25, -0.2) is 0 Å². The summed E-state index contributed by atoms with van der Waals surface area (Å²) in [6, 6.07) is 23.0. The molecule has 0 aliphatic heterocycles. The molecule has 4 aromatic rings. The Bertz CT molecular complexity index is 1310. The van der Waals surface area contributed by atoms with E-state index in [0.29, 0.717) is 28.1 Å². The molecule has 0 saturated heterocycles. The number of hydrogen-bond acceptors (Lipinski definition) is 4. The molecule has 0 bridgehead atoms. The Morgan fingerprint density at radius 3 is 2.50 bits per heavy atom. The first kappa shape index (κ1) is 23.6. The average molecular weight is 493 g/mol. The molecule has 0 amide bonds. The molecule has 8 heteroatoms. The Kier molecular flexibility index (Phi) is 7.35. The predicted molar refractivity (Wildman–Crippen MR) is 142 cm³/mol. The van der Waals surface area contributed by atoms with Gasteiger partial charge in [-0.3, -0.25) is 4.68 Å². The first-order valence-electron chi connectivity index (χ1n) is 10.7. The van der Waals surface area contributed by atoms with Gasteiger partial charge in [0.15, 0.2) is 5.11 Å². The molecule has 0 atom stereocenters. The Morgan fingerprint density at radius 2 is 1.74 bits per heavy atom. The van der Waals surface area contributed by atoms with E-state index in [9.17, 15) is 0 Å². The van der Waals surface area contributed by atoms with E-state index in [2.05, 4.69) is 16.7 Å². The molecule has 0 aliphatic rings. The van der Waals surface area contributed by atoms with Crippen LogP contribution in [0.3, 0.4) is 0 Å². The summed E-state index contributed by atoms with van der Waals surface area (Å²) in [5.74, 6) is 2.23. The smallest absolute Gasteiger partial charge is 0.175 e. The Morgan fingerprint density at radius 1 is 0.971 bits per heavy atom. The van der Waals surface area contributed by atoms with Crippen LogP contribution in [0.25, 0.3) is 0 Å². The van der Waals surface area contributed by atoms with E-state index >= 15 is 0 Å². The summed E-state index contributed by atoms with van der Waals surface area (Å²) in [7, 11) is 1.60. The second-order valence-corrected chi connectivity index (χ2v) is 8.53. The maximum absolute atomic E-state index is 6.12. The number of hydrogen-bond donors (Lipinski definition) is 2. The second-order valence-electron chi connectivity index (χ2n) is 7.69. The van der Waals surface area contributed by atoms with E-state index in [1.165, 1.54) is 0 Å². The quantitative estimate of drug-likeness (QED) is 0.276. The van der Waals surface area contributed by atoms with Crippen molar-refractivity contribution in [1.82, 2.24) is 9.78 Å². The highest BCUT2D eigenvalue weighted by Gasteiger charge is 2.14. The largest absolute Gasteiger partial charge is 0.495 e. The summed E-state index contributed by atoms with van der Waals surface area (Å²) in [6.45, 7) is 4.56. The Labute approximate surface area is 209 Å². The first-order chi connectivity index (χ1) is 16.4. The lowest BCUT2D eigenvalue weighted by atomic mass is 10.2. The molecule has 0 aliphatic carbocycles. The lowest BCUT2D eigenvalue weighted by molar-refractivity contribution is 0.417. The van der Waals surface area contributed by atoms with Crippen molar-refractivity contribution in [2.24, 2.45) is 0 Å². The van der Waals surface area contributed by atoms with Crippen LogP contribution in [0.1, 0.15) is 17.0 Å². The predicted octanol–water partition coefficient (Wildman–Crippen LogP) is 6.81. The zero-order valence-electron chi connectivity index (χ0n) is 19.1. The molecule has 0 unspecified atom stereocenters. The fraction of sp³-hybridized carbons (Fsp3) is 0.154. The molecule has 3 aromatic carbocycles. The van der Waals surface area contributed by atoms with Crippen LogP contribution in [0, 0.1) is 13.8 Å². The first-order valence-corrected chi connectivity index (χ1v) is 11.5. The molecule has 0 saturated carbocycles. The Hall–Kier alpha value is -3.55. The number of halogens is 1. The lowest BCUT2D eigenvalue weighted by Gasteiger charge is -2.14.